The number of nitrogens with one attached hydrogen (secondary N) is 2. The van der Waals surface area contributed by atoms with Crippen LogP contribution in [0.2, 0.25) is 0 Å². The van der Waals surface area contributed by atoms with E-state index in [0.717, 1.165) is 16.6 Å². The van der Waals surface area contributed by atoms with Gasteiger partial charge >= 0.3 is 0 Å². The molecule has 138 valence electrons. The van der Waals surface area contributed by atoms with E-state index >= 15 is 0 Å². The molecule has 0 aliphatic carbocycles. The molecule has 7 heteroatoms. The Morgan fingerprint density at radius 2 is 1.93 bits per heavy atom. The van der Waals surface area contributed by atoms with Crippen molar-refractivity contribution in [2.75, 3.05) is 12.4 Å². The quantitative estimate of drug-likeness (QED) is 0.681. The predicted octanol–water partition coefficient (Wildman–Crippen LogP) is 3.15. The average Bonchev–Trinajstić information content (AvgIpc) is 3.09. The molecule has 2 N–H and O–H groups in total. The molecule has 0 saturated heterocycles. The van der Waals surface area contributed by atoms with Gasteiger partial charge in [0.15, 0.2) is 0 Å². The normalized spacial score (nSPS) is 12.3. The molecule has 2 aromatic heterocycles. The number of aromatic nitrogens is 3. The summed E-state index contributed by atoms with van der Waals surface area (Å²) in [5.41, 5.74) is 2.69. The fourth-order valence-corrected chi connectivity index (χ4v) is 2.65. The predicted molar refractivity (Wildman–Crippen MR) is 105 cm³/mol. The van der Waals surface area contributed by atoms with Crippen LogP contribution in [0.15, 0.2) is 48.8 Å². The molecule has 0 spiro atoms. The number of anilines is 1. The van der Waals surface area contributed by atoms with Crippen LogP contribution in [0.3, 0.4) is 0 Å². The molecule has 0 saturated carbocycles. The van der Waals surface area contributed by atoms with Crippen molar-refractivity contribution in [2.24, 2.45) is 0 Å². The summed E-state index contributed by atoms with van der Waals surface area (Å²) in [6.45, 7) is 3.36. The van der Waals surface area contributed by atoms with Crippen LogP contribution in [-0.4, -0.2) is 38.7 Å². The number of H-pyrrole nitrogens is 1. The second kappa shape index (κ2) is 7.82. The number of carbonyl (C=O) groups is 2. The Morgan fingerprint density at radius 1 is 1.22 bits per heavy atom. The SMILES string of the molecule is CC(=O)Nc1ncc(C=CC(=O)N(C)C(C)c2cc3ccccc3[nH]2)cn1. The van der Waals surface area contributed by atoms with Gasteiger partial charge in [0.2, 0.25) is 17.8 Å². The van der Waals surface area contributed by atoms with E-state index in [2.05, 4.69) is 26.3 Å². The molecule has 27 heavy (non-hydrogen) atoms. The van der Waals surface area contributed by atoms with Crippen molar-refractivity contribution in [3.8, 4) is 0 Å². The highest BCUT2D eigenvalue weighted by molar-refractivity contribution is 5.92. The summed E-state index contributed by atoms with van der Waals surface area (Å²) in [5, 5.41) is 3.61. The Labute approximate surface area is 157 Å². The average molecular weight is 363 g/mol. The summed E-state index contributed by atoms with van der Waals surface area (Å²) in [6, 6.07) is 9.97. The fourth-order valence-electron chi connectivity index (χ4n) is 2.65. The number of amides is 2. The Kier molecular flexibility index (Phi) is 5.30. The number of fused-ring (bicyclic) bond motifs is 1. The van der Waals surface area contributed by atoms with Crippen molar-refractivity contribution in [2.45, 2.75) is 19.9 Å². The van der Waals surface area contributed by atoms with Gasteiger partial charge in [-0.2, -0.15) is 0 Å². The molecular weight excluding hydrogens is 342 g/mol. The maximum Gasteiger partial charge on any atom is 0.246 e. The number of nitrogens with zero attached hydrogens (tertiary/aromatic N) is 3. The molecule has 2 amide bonds. The van der Waals surface area contributed by atoms with Gasteiger partial charge in [0.05, 0.1) is 6.04 Å². The van der Waals surface area contributed by atoms with E-state index in [9.17, 15) is 9.59 Å². The van der Waals surface area contributed by atoms with E-state index in [1.807, 2.05) is 31.2 Å². The van der Waals surface area contributed by atoms with Crippen LogP contribution in [0.4, 0.5) is 5.95 Å². The first-order valence-corrected chi connectivity index (χ1v) is 8.56. The molecule has 2 heterocycles. The first-order valence-electron chi connectivity index (χ1n) is 8.56. The molecule has 7 nitrogen and oxygen atoms in total. The lowest BCUT2D eigenvalue weighted by atomic mass is 10.2. The van der Waals surface area contributed by atoms with Crippen molar-refractivity contribution in [3.05, 3.63) is 60.1 Å². The number of hydrogen-bond acceptors (Lipinski definition) is 4. The second-order valence-corrected chi connectivity index (χ2v) is 6.29. The molecule has 3 rings (SSSR count). The van der Waals surface area contributed by atoms with Crippen LogP contribution in [0.5, 0.6) is 0 Å². The molecule has 0 radical (unpaired) electrons. The number of rotatable bonds is 5. The van der Waals surface area contributed by atoms with Crippen LogP contribution in [0.1, 0.15) is 31.1 Å². The zero-order chi connectivity index (χ0) is 19.4. The van der Waals surface area contributed by atoms with Crippen LogP contribution >= 0.6 is 0 Å². The second-order valence-electron chi connectivity index (χ2n) is 6.29. The van der Waals surface area contributed by atoms with Gasteiger partial charge in [-0.1, -0.05) is 18.2 Å². The molecule has 3 aromatic rings. The minimum Gasteiger partial charge on any atom is -0.357 e. The first-order chi connectivity index (χ1) is 12.9. The number of benzene rings is 1. The Balaban J connectivity index is 1.67. The topological polar surface area (TPSA) is 91.0 Å². The van der Waals surface area contributed by atoms with Crippen molar-refractivity contribution in [3.63, 3.8) is 0 Å². The van der Waals surface area contributed by atoms with E-state index in [0.29, 0.717) is 5.56 Å². The van der Waals surface area contributed by atoms with Crippen LogP contribution in [0.25, 0.3) is 17.0 Å². The van der Waals surface area contributed by atoms with Gasteiger partial charge in [-0.15, -0.1) is 0 Å². The van der Waals surface area contributed by atoms with Crippen LogP contribution in [0, 0.1) is 0 Å². The molecule has 0 aliphatic heterocycles. The highest BCUT2D eigenvalue weighted by Gasteiger charge is 2.17. The standard InChI is InChI=1S/C20H21N5O2/c1-13(18-10-16-6-4-5-7-17(16)24-18)25(3)19(27)9-8-15-11-21-20(22-12-15)23-14(2)26/h4-13,24H,1-3H3,(H,21,22,23,26). The van der Waals surface area contributed by atoms with Gasteiger partial charge in [0, 0.05) is 49.2 Å². The third-order valence-corrected chi connectivity index (χ3v) is 4.31. The number of likely N-dealkylation sites (N-methyl/N-ethyl adjacent to an activating group) is 1. The summed E-state index contributed by atoms with van der Waals surface area (Å²) in [5.74, 6) is -0.135. The fraction of sp³-hybridized carbons (Fsp3) is 0.200. The Hall–Kier alpha value is -3.48. The summed E-state index contributed by atoms with van der Waals surface area (Å²) in [6.07, 6.45) is 6.22. The number of para-hydroxylation sites is 1. The molecule has 0 bridgehead atoms. The third-order valence-electron chi connectivity index (χ3n) is 4.31. The number of carbonyl (C=O) groups excluding carboxylic acids is 2. The van der Waals surface area contributed by atoms with Crippen LogP contribution < -0.4 is 5.32 Å². The largest absolute Gasteiger partial charge is 0.357 e. The van der Waals surface area contributed by atoms with Gasteiger partial charge in [-0.05, 0) is 30.5 Å². The van der Waals surface area contributed by atoms with Gasteiger partial charge in [-0.25, -0.2) is 9.97 Å². The van der Waals surface area contributed by atoms with Crippen LogP contribution in [-0.2, 0) is 9.59 Å². The first kappa shape index (κ1) is 18.3. The minimum absolute atomic E-state index is 0.104. The summed E-state index contributed by atoms with van der Waals surface area (Å²) < 4.78 is 0. The van der Waals surface area contributed by atoms with Crippen molar-refractivity contribution >= 4 is 34.7 Å². The maximum absolute atomic E-state index is 12.5. The summed E-state index contributed by atoms with van der Waals surface area (Å²) in [4.78, 5) is 36.5. The van der Waals surface area contributed by atoms with Crippen molar-refractivity contribution < 1.29 is 9.59 Å². The molecule has 0 fully saturated rings. The number of hydrogen-bond donors (Lipinski definition) is 2. The zero-order valence-electron chi connectivity index (χ0n) is 15.4. The lowest BCUT2D eigenvalue weighted by molar-refractivity contribution is -0.126. The molecule has 1 aromatic carbocycles. The van der Waals surface area contributed by atoms with Gasteiger partial charge in [0.25, 0.3) is 0 Å². The third kappa shape index (κ3) is 4.38. The van der Waals surface area contributed by atoms with Crippen molar-refractivity contribution in [1.82, 2.24) is 19.9 Å². The Bertz CT molecular complexity index is 958. The highest BCUT2D eigenvalue weighted by atomic mass is 16.2. The van der Waals surface area contributed by atoms with E-state index < -0.39 is 0 Å². The number of aromatic amines is 1. The van der Waals surface area contributed by atoms with Gasteiger partial charge in [0.1, 0.15) is 0 Å². The molecule has 1 unspecified atom stereocenters. The van der Waals surface area contributed by atoms with E-state index in [1.54, 1.807) is 30.4 Å². The minimum atomic E-state index is -0.235. The zero-order valence-corrected chi connectivity index (χ0v) is 15.4. The summed E-state index contributed by atoms with van der Waals surface area (Å²) in [7, 11) is 1.76. The lowest BCUT2D eigenvalue weighted by Gasteiger charge is -2.22. The Morgan fingerprint density at radius 3 is 2.59 bits per heavy atom. The van der Waals surface area contributed by atoms with E-state index in [1.165, 1.54) is 13.0 Å². The van der Waals surface area contributed by atoms with Crippen molar-refractivity contribution in [1.29, 1.82) is 0 Å². The summed E-state index contributed by atoms with van der Waals surface area (Å²) >= 11 is 0. The lowest BCUT2D eigenvalue weighted by Crippen LogP contribution is -2.28. The molecule has 0 aliphatic rings. The van der Waals surface area contributed by atoms with Gasteiger partial charge < -0.3 is 9.88 Å². The molecule has 1 atom stereocenters. The van der Waals surface area contributed by atoms with E-state index in [-0.39, 0.29) is 23.8 Å². The highest BCUT2D eigenvalue weighted by Crippen LogP contribution is 2.23. The van der Waals surface area contributed by atoms with Gasteiger partial charge in [-0.3, -0.25) is 14.9 Å². The maximum atomic E-state index is 12.5. The molecular formula is C20H21N5O2. The monoisotopic (exact) mass is 363 g/mol. The van der Waals surface area contributed by atoms with E-state index in [4.69, 9.17) is 0 Å². The smallest absolute Gasteiger partial charge is 0.246 e.